The Labute approximate surface area is 123 Å². The average molecular weight is 297 g/mol. The van der Waals surface area contributed by atoms with E-state index in [9.17, 15) is 19.3 Å². The van der Waals surface area contributed by atoms with Gasteiger partial charge in [0.1, 0.15) is 5.56 Å². The van der Waals surface area contributed by atoms with Crippen LogP contribution in [0.2, 0.25) is 0 Å². The molecular formula is C14H20FN3O3. The molecule has 0 heterocycles. The molecule has 0 aromatic heterocycles. The molecule has 0 aliphatic heterocycles. The number of nitrogens with one attached hydrogen (secondary N) is 1. The molecule has 6 nitrogen and oxygen atoms in total. The summed E-state index contributed by atoms with van der Waals surface area (Å²) in [4.78, 5) is 24.2. The van der Waals surface area contributed by atoms with Crippen molar-refractivity contribution >= 4 is 17.3 Å². The lowest BCUT2D eigenvalue weighted by Crippen LogP contribution is -2.35. The molecule has 1 N–H and O–H groups in total. The Morgan fingerprint density at radius 1 is 1.52 bits per heavy atom. The molecule has 0 saturated heterocycles. The number of benzene rings is 1. The smallest absolute Gasteiger partial charge is 0.285 e. The highest BCUT2D eigenvalue weighted by Crippen LogP contribution is 2.27. The van der Waals surface area contributed by atoms with Crippen molar-refractivity contribution in [2.24, 2.45) is 0 Å². The van der Waals surface area contributed by atoms with Crippen molar-refractivity contribution in [3.05, 3.63) is 33.6 Å². The van der Waals surface area contributed by atoms with Gasteiger partial charge < -0.3 is 10.2 Å². The zero-order valence-corrected chi connectivity index (χ0v) is 12.6. The van der Waals surface area contributed by atoms with Crippen LogP contribution in [0.4, 0.5) is 15.8 Å². The maximum Gasteiger partial charge on any atom is 0.285 e. The molecule has 1 amide bonds. The summed E-state index contributed by atoms with van der Waals surface area (Å²) in [6, 6.07) is 1.91. The highest BCUT2D eigenvalue weighted by Gasteiger charge is 2.27. The normalized spacial score (nSPS) is 11.9. The Balaban J connectivity index is 3.26. The maximum atomic E-state index is 13.6. The first-order valence-electron chi connectivity index (χ1n) is 6.76. The minimum absolute atomic E-state index is 0.0507. The van der Waals surface area contributed by atoms with Crippen LogP contribution in [0, 0.1) is 15.9 Å². The molecule has 0 aliphatic rings. The molecule has 1 rings (SSSR count). The van der Waals surface area contributed by atoms with Crippen molar-refractivity contribution in [1.82, 2.24) is 4.90 Å². The van der Waals surface area contributed by atoms with Crippen LogP contribution in [0.1, 0.15) is 37.0 Å². The van der Waals surface area contributed by atoms with E-state index in [-0.39, 0.29) is 17.3 Å². The number of nitro groups is 1. The number of nitrogens with zero attached hydrogens (tertiary/aromatic N) is 2. The lowest BCUT2D eigenvalue weighted by Gasteiger charge is -2.24. The van der Waals surface area contributed by atoms with E-state index in [4.69, 9.17) is 0 Å². The van der Waals surface area contributed by atoms with Crippen LogP contribution in [0.3, 0.4) is 0 Å². The van der Waals surface area contributed by atoms with E-state index in [1.165, 1.54) is 18.0 Å². The van der Waals surface area contributed by atoms with E-state index in [0.717, 1.165) is 18.9 Å². The number of carbonyl (C=O) groups excluding carboxylic acids is 1. The Bertz CT molecular complexity index is 549. The first-order chi connectivity index (χ1) is 9.83. The third-order valence-corrected chi connectivity index (χ3v) is 3.47. The predicted molar refractivity (Wildman–Crippen MR) is 79.1 cm³/mol. The van der Waals surface area contributed by atoms with Crippen LogP contribution in [-0.4, -0.2) is 35.9 Å². The van der Waals surface area contributed by atoms with Crippen LogP contribution >= 0.6 is 0 Å². The molecule has 116 valence electrons. The van der Waals surface area contributed by atoms with Gasteiger partial charge in [0.05, 0.1) is 16.7 Å². The first-order valence-corrected chi connectivity index (χ1v) is 6.76. The molecular weight excluding hydrogens is 277 g/mol. The van der Waals surface area contributed by atoms with Gasteiger partial charge in [-0.1, -0.05) is 13.3 Å². The lowest BCUT2D eigenvalue weighted by atomic mass is 10.1. The van der Waals surface area contributed by atoms with E-state index in [1.807, 2.05) is 13.8 Å². The van der Waals surface area contributed by atoms with Gasteiger partial charge in [-0.2, -0.15) is 0 Å². The van der Waals surface area contributed by atoms with Gasteiger partial charge in [-0.05, 0) is 19.4 Å². The molecule has 1 aromatic rings. The second-order valence-corrected chi connectivity index (χ2v) is 4.91. The van der Waals surface area contributed by atoms with Crippen molar-refractivity contribution < 1.29 is 14.1 Å². The van der Waals surface area contributed by atoms with Gasteiger partial charge in [-0.15, -0.1) is 0 Å². The number of hydrogen-bond donors (Lipinski definition) is 1. The van der Waals surface area contributed by atoms with Crippen LogP contribution in [0.25, 0.3) is 0 Å². The SMILES string of the molecule is CCCC(C)N(C)C(=O)c1cc(NC)c(F)cc1[N+](=O)[O-]. The van der Waals surface area contributed by atoms with Gasteiger partial charge in [-0.25, -0.2) is 4.39 Å². The van der Waals surface area contributed by atoms with E-state index >= 15 is 0 Å². The third kappa shape index (κ3) is 3.68. The van der Waals surface area contributed by atoms with Gasteiger partial charge in [0.2, 0.25) is 0 Å². The first kappa shape index (κ1) is 16.9. The summed E-state index contributed by atoms with van der Waals surface area (Å²) in [5.74, 6) is -1.25. The Morgan fingerprint density at radius 2 is 2.14 bits per heavy atom. The van der Waals surface area contributed by atoms with Crippen molar-refractivity contribution in [3.63, 3.8) is 0 Å². The van der Waals surface area contributed by atoms with Crippen molar-refractivity contribution in [1.29, 1.82) is 0 Å². The molecule has 21 heavy (non-hydrogen) atoms. The number of halogens is 1. The van der Waals surface area contributed by atoms with Crippen molar-refractivity contribution in [2.75, 3.05) is 19.4 Å². The Kier molecular flexibility index (Phi) is 5.63. The highest BCUT2D eigenvalue weighted by molar-refractivity contribution is 5.99. The van der Waals surface area contributed by atoms with Crippen LogP contribution in [0.5, 0.6) is 0 Å². The summed E-state index contributed by atoms with van der Waals surface area (Å²) in [5.41, 5.74) is -0.580. The standard InChI is InChI=1S/C14H20FN3O3/c1-5-6-9(2)17(4)14(19)10-7-12(16-3)11(15)8-13(10)18(20)21/h7-9,16H,5-6H2,1-4H3. The molecule has 0 spiro atoms. The fraction of sp³-hybridized carbons (Fsp3) is 0.500. The summed E-state index contributed by atoms with van der Waals surface area (Å²) in [5, 5.41) is 13.6. The van der Waals surface area contributed by atoms with E-state index in [2.05, 4.69) is 5.32 Å². The zero-order valence-electron chi connectivity index (χ0n) is 12.6. The number of amides is 1. The number of carbonyl (C=O) groups is 1. The maximum absolute atomic E-state index is 13.6. The quantitative estimate of drug-likeness (QED) is 0.647. The third-order valence-electron chi connectivity index (χ3n) is 3.47. The lowest BCUT2D eigenvalue weighted by molar-refractivity contribution is -0.385. The molecule has 7 heteroatoms. The van der Waals surface area contributed by atoms with Gasteiger partial charge in [0.15, 0.2) is 5.82 Å². The van der Waals surface area contributed by atoms with Crippen LogP contribution < -0.4 is 5.32 Å². The number of hydrogen-bond acceptors (Lipinski definition) is 4. The molecule has 0 radical (unpaired) electrons. The van der Waals surface area contributed by atoms with Gasteiger partial charge in [-0.3, -0.25) is 14.9 Å². The molecule has 1 unspecified atom stereocenters. The van der Waals surface area contributed by atoms with E-state index in [1.54, 1.807) is 7.05 Å². The van der Waals surface area contributed by atoms with Crippen molar-refractivity contribution in [3.8, 4) is 0 Å². The van der Waals surface area contributed by atoms with Crippen LogP contribution in [0.15, 0.2) is 12.1 Å². The summed E-state index contributed by atoms with van der Waals surface area (Å²) >= 11 is 0. The summed E-state index contributed by atoms with van der Waals surface area (Å²) in [6.07, 6.45) is 1.68. The molecule has 0 aliphatic carbocycles. The zero-order chi connectivity index (χ0) is 16.2. The monoisotopic (exact) mass is 297 g/mol. The van der Waals surface area contributed by atoms with E-state index < -0.39 is 22.3 Å². The minimum atomic E-state index is -0.759. The van der Waals surface area contributed by atoms with Gasteiger partial charge >= 0.3 is 0 Å². The molecule has 0 fully saturated rings. The number of rotatable bonds is 6. The van der Waals surface area contributed by atoms with Crippen LogP contribution in [-0.2, 0) is 0 Å². The minimum Gasteiger partial charge on any atom is -0.386 e. The molecule has 0 saturated carbocycles. The number of anilines is 1. The Hall–Kier alpha value is -2.18. The second kappa shape index (κ2) is 7.01. The summed E-state index contributed by atoms with van der Waals surface area (Å²) in [6.45, 7) is 3.87. The topological polar surface area (TPSA) is 75.5 Å². The second-order valence-electron chi connectivity index (χ2n) is 4.91. The van der Waals surface area contributed by atoms with Gasteiger partial charge in [0.25, 0.3) is 11.6 Å². The molecule has 0 bridgehead atoms. The average Bonchev–Trinajstić information content (AvgIpc) is 2.45. The van der Waals surface area contributed by atoms with E-state index in [0.29, 0.717) is 0 Å². The summed E-state index contributed by atoms with van der Waals surface area (Å²) < 4.78 is 13.6. The predicted octanol–water partition coefficient (Wildman–Crippen LogP) is 3.04. The largest absolute Gasteiger partial charge is 0.386 e. The highest BCUT2D eigenvalue weighted by atomic mass is 19.1. The fourth-order valence-corrected chi connectivity index (χ4v) is 2.08. The van der Waals surface area contributed by atoms with Gasteiger partial charge in [0, 0.05) is 20.1 Å². The summed E-state index contributed by atoms with van der Waals surface area (Å²) in [7, 11) is 3.08. The van der Waals surface area contributed by atoms with Crippen molar-refractivity contribution in [2.45, 2.75) is 32.7 Å². The molecule has 1 aromatic carbocycles. The number of nitro benzene ring substituents is 1. The molecule has 1 atom stereocenters. The Morgan fingerprint density at radius 3 is 2.62 bits per heavy atom. The fourth-order valence-electron chi connectivity index (χ4n) is 2.08.